The number of alkyl carbamates (subject to hydrolysis) is 1. The van der Waals surface area contributed by atoms with Crippen molar-refractivity contribution in [2.75, 3.05) is 27.2 Å². The van der Waals surface area contributed by atoms with Crippen molar-refractivity contribution in [3.8, 4) is 28.1 Å². The zero-order chi connectivity index (χ0) is 34.0. The maximum absolute atomic E-state index is 13.8. The molecule has 2 aromatic heterocycles. The first-order valence-corrected chi connectivity index (χ1v) is 17.3. The number of H-pyrrole nitrogens is 2. The Morgan fingerprint density at radius 3 is 2.69 bits per heavy atom. The van der Waals surface area contributed by atoms with Crippen LogP contribution in [0.25, 0.3) is 44.2 Å². The summed E-state index contributed by atoms with van der Waals surface area (Å²) < 4.78 is 11.2. The van der Waals surface area contributed by atoms with Crippen molar-refractivity contribution in [1.29, 1.82) is 0 Å². The SMILES string of the molecule is COC(=O)NC(C(=O)N1CC(C)CC1c1nc2c(ccc3cc4c(cc32)OCc2cc(-c3cnc(C5CCCN5C)[nH]3)ccc2-4)[nH]1)C(C)C. The Labute approximate surface area is 285 Å². The van der Waals surface area contributed by atoms with Gasteiger partial charge in [-0.05, 0) is 91.0 Å². The van der Waals surface area contributed by atoms with Gasteiger partial charge in [0.15, 0.2) is 0 Å². The summed E-state index contributed by atoms with van der Waals surface area (Å²) in [6.45, 7) is 8.16. The van der Waals surface area contributed by atoms with Crippen LogP contribution in [0.15, 0.2) is 48.7 Å². The van der Waals surface area contributed by atoms with Crippen LogP contribution in [0.2, 0.25) is 0 Å². The molecule has 2 amide bonds. The maximum Gasteiger partial charge on any atom is 0.407 e. The molecule has 8 rings (SSSR count). The summed E-state index contributed by atoms with van der Waals surface area (Å²) in [5.74, 6) is 2.67. The molecule has 2 fully saturated rings. The number of aromatic amines is 2. The van der Waals surface area contributed by atoms with Crippen LogP contribution in [0.5, 0.6) is 5.75 Å². The van der Waals surface area contributed by atoms with Gasteiger partial charge in [-0.15, -0.1) is 0 Å². The highest BCUT2D eigenvalue weighted by Gasteiger charge is 2.40. The number of hydrogen-bond donors (Lipinski definition) is 3. The lowest BCUT2D eigenvalue weighted by atomic mass is 9.92. The van der Waals surface area contributed by atoms with E-state index in [4.69, 9.17) is 19.4 Å². The Balaban J connectivity index is 1.10. The summed E-state index contributed by atoms with van der Waals surface area (Å²) >= 11 is 0. The first-order chi connectivity index (χ1) is 23.7. The minimum absolute atomic E-state index is 0.104. The van der Waals surface area contributed by atoms with Crippen LogP contribution in [0.1, 0.15) is 69.3 Å². The first kappa shape index (κ1) is 31.4. The Morgan fingerprint density at radius 2 is 1.92 bits per heavy atom. The fourth-order valence-electron chi connectivity index (χ4n) is 7.97. The molecular formula is C38H43N7O4. The van der Waals surface area contributed by atoms with E-state index in [1.807, 2.05) is 24.9 Å². The molecule has 0 spiro atoms. The second kappa shape index (κ2) is 12.2. The number of ether oxygens (including phenoxy) is 2. The number of carbonyl (C=O) groups is 2. The normalized spacial score (nSPS) is 21.2. The van der Waals surface area contributed by atoms with Crippen molar-refractivity contribution in [2.24, 2.45) is 11.8 Å². The molecule has 0 radical (unpaired) electrons. The van der Waals surface area contributed by atoms with E-state index in [1.165, 1.54) is 19.1 Å². The number of carbonyl (C=O) groups excluding carboxylic acids is 2. The summed E-state index contributed by atoms with van der Waals surface area (Å²) in [4.78, 5) is 47.0. The second-order valence-corrected chi connectivity index (χ2v) is 14.3. The van der Waals surface area contributed by atoms with Gasteiger partial charge >= 0.3 is 6.09 Å². The predicted molar refractivity (Wildman–Crippen MR) is 188 cm³/mol. The highest BCUT2D eigenvalue weighted by molar-refractivity contribution is 6.07. The minimum Gasteiger partial charge on any atom is -0.488 e. The molecule has 4 unspecified atom stereocenters. The molecule has 11 nitrogen and oxygen atoms in total. The van der Waals surface area contributed by atoms with Crippen LogP contribution in [0.3, 0.4) is 0 Å². The van der Waals surface area contributed by atoms with Gasteiger partial charge < -0.3 is 29.7 Å². The molecular weight excluding hydrogens is 618 g/mol. The summed E-state index contributed by atoms with van der Waals surface area (Å²) in [7, 11) is 3.47. The predicted octanol–water partition coefficient (Wildman–Crippen LogP) is 6.72. The van der Waals surface area contributed by atoms with Crippen molar-refractivity contribution in [3.05, 3.63) is 65.9 Å². The number of methoxy groups -OCH3 is 1. The molecule has 5 heterocycles. The molecule has 3 aliphatic heterocycles. The van der Waals surface area contributed by atoms with Crippen LogP contribution in [-0.2, 0) is 16.1 Å². The largest absolute Gasteiger partial charge is 0.488 e. The number of benzene rings is 3. The summed E-state index contributed by atoms with van der Waals surface area (Å²) in [5.41, 5.74) is 7.26. The van der Waals surface area contributed by atoms with E-state index in [2.05, 4.69) is 76.6 Å². The number of nitrogens with one attached hydrogen (secondary N) is 3. The number of amides is 2. The molecule has 254 valence electrons. The lowest BCUT2D eigenvalue weighted by Crippen LogP contribution is -2.51. The molecule has 3 aromatic carbocycles. The number of nitrogens with zero attached hydrogens (tertiary/aromatic N) is 4. The van der Waals surface area contributed by atoms with Crippen molar-refractivity contribution >= 4 is 33.8 Å². The Bertz CT molecular complexity index is 2080. The molecule has 5 aromatic rings. The van der Waals surface area contributed by atoms with Gasteiger partial charge in [0.2, 0.25) is 5.91 Å². The maximum atomic E-state index is 13.8. The van der Waals surface area contributed by atoms with E-state index in [1.54, 1.807) is 0 Å². The monoisotopic (exact) mass is 661 g/mol. The lowest BCUT2D eigenvalue weighted by molar-refractivity contribution is -0.135. The fourth-order valence-corrected chi connectivity index (χ4v) is 7.97. The van der Waals surface area contributed by atoms with E-state index in [-0.39, 0.29) is 23.8 Å². The number of fused-ring (bicyclic) bond motifs is 6. The highest BCUT2D eigenvalue weighted by Crippen LogP contribution is 2.43. The quantitative estimate of drug-likeness (QED) is 0.184. The average molecular weight is 662 g/mol. The van der Waals surface area contributed by atoms with Gasteiger partial charge in [-0.1, -0.05) is 39.0 Å². The molecule has 0 bridgehead atoms. The molecule has 0 aliphatic carbocycles. The van der Waals surface area contributed by atoms with E-state index in [0.717, 1.165) is 81.0 Å². The van der Waals surface area contributed by atoms with E-state index in [9.17, 15) is 9.59 Å². The molecule has 3 N–H and O–H groups in total. The van der Waals surface area contributed by atoms with E-state index < -0.39 is 12.1 Å². The third kappa shape index (κ3) is 5.50. The van der Waals surface area contributed by atoms with Crippen molar-refractivity contribution in [3.63, 3.8) is 0 Å². The van der Waals surface area contributed by atoms with Gasteiger partial charge in [0.25, 0.3) is 0 Å². The van der Waals surface area contributed by atoms with Crippen LogP contribution in [-0.4, -0.2) is 75.0 Å². The smallest absolute Gasteiger partial charge is 0.407 e. The average Bonchev–Trinajstić information content (AvgIpc) is 3.91. The minimum atomic E-state index is -0.691. The van der Waals surface area contributed by atoms with Crippen LogP contribution in [0.4, 0.5) is 4.79 Å². The third-order valence-electron chi connectivity index (χ3n) is 10.6. The van der Waals surface area contributed by atoms with E-state index >= 15 is 0 Å². The summed E-state index contributed by atoms with van der Waals surface area (Å²) in [6, 6.07) is 14.5. The van der Waals surface area contributed by atoms with E-state index in [0.29, 0.717) is 19.2 Å². The number of aromatic nitrogens is 4. The van der Waals surface area contributed by atoms with Gasteiger partial charge in [-0.2, -0.15) is 0 Å². The molecule has 49 heavy (non-hydrogen) atoms. The molecule has 11 heteroatoms. The summed E-state index contributed by atoms with van der Waals surface area (Å²) in [5, 5.41) is 4.80. The molecule has 2 saturated heterocycles. The van der Waals surface area contributed by atoms with Gasteiger partial charge in [0.1, 0.15) is 30.0 Å². The van der Waals surface area contributed by atoms with Gasteiger partial charge in [0, 0.05) is 17.5 Å². The topological polar surface area (TPSA) is 128 Å². The number of imidazole rings is 2. The molecule has 0 saturated carbocycles. The highest BCUT2D eigenvalue weighted by atomic mass is 16.5. The van der Waals surface area contributed by atoms with Gasteiger partial charge in [-0.3, -0.25) is 9.69 Å². The van der Waals surface area contributed by atoms with Crippen molar-refractivity contribution in [1.82, 2.24) is 35.1 Å². The Kier molecular flexibility index (Phi) is 7.82. The molecule has 4 atom stereocenters. The van der Waals surface area contributed by atoms with Gasteiger partial charge in [0.05, 0.1) is 42.1 Å². The third-order valence-corrected chi connectivity index (χ3v) is 10.6. The second-order valence-electron chi connectivity index (χ2n) is 14.3. The van der Waals surface area contributed by atoms with Crippen molar-refractivity contribution < 1.29 is 19.1 Å². The zero-order valence-corrected chi connectivity index (χ0v) is 28.7. The summed E-state index contributed by atoms with van der Waals surface area (Å²) in [6.07, 6.45) is 4.44. The Morgan fingerprint density at radius 1 is 1.06 bits per heavy atom. The number of likely N-dealkylation sites (tertiary alicyclic amines) is 2. The first-order valence-electron chi connectivity index (χ1n) is 17.3. The van der Waals surface area contributed by atoms with Crippen LogP contribution < -0.4 is 10.1 Å². The standard InChI is InChI=1S/C38H43N7O4/c1-20(2)33(43-38(47)48-5)37(46)45-18-21(3)13-31(45)36-40-28-11-9-22-15-27-25-10-8-23(29-17-39-35(41-29)30-7-6-12-44(30)4)14-24(25)19-49-32(27)16-26(22)34(28)42-36/h8-11,14-17,20-21,30-31,33H,6-7,12-13,18-19H2,1-5H3,(H,39,41)(H,40,42)(H,43,47). The van der Waals surface area contributed by atoms with Crippen molar-refractivity contribution in [2.45, 2.75) is 64.8 Å². The van der Waals surface area contributed by atoms with Crippen LogP contribution in [0, 0.1) is 11.8 Å². The fraction of sp³-hybridized carbons (Fsp3) is 0.421. The number of rotatable bonds is 6. The van der Waals surface area contributed by atoms with Crippen LogP contribution >= 0.6 is 0 Å². The Hall–Kier alpha value is -4.90. The molecule has 3 aliphatic rings. The lowest BCUT2D eigenvalue weighted by Gasteiger charge is -2.30. The van der Waals surface area contributed by atoms with Gasteiger partial charge in [-0.25, -0.2) is 14.8 Å². The number of hydrogen-bond acceptors (Lipinski definition) is 7. The zero-order valence-electron chi connectivity index (χ0n) is 28.7.